The number of aromatic amines is 1. The first kappa shape index (κ1) is 25.3. The number of H-pyrrole nitrogens is 1. The van der Waals surface area contributed by atoms with Gasteiger partial charge in [-0.1, -0.05) is 0 Å². The lowest BCUT2D eigenvalue weighted by Crippen LogP contribution is -2.33. The Labute approximate surface area is 167 Å². The van der Waals surface area contributed by atoms with Gasteiger partial charge in [-0.3, -0.25) is 18.9 Å². The van der Waals surface area contributed by atoms with Crippen LogP contribution in [-0.2, 0) is 36.3 Å². The molecule has 2 unspecified atom stereocenters. The summed E-state index contributed by atoms with van der Waals surface area (Å²) in [6, 6.07) is 0. The molecule has 0 aromatic carbocycles. The summed E-state index contributed by atoms with van der Waals surface area (Å²) in [7, 11) is -15.2. The summed E-state index contributed by atoms with van der Waals surface area (Å²) in [4.78, 5) is 61.2. The Bertz CT molecular complexity index is 1030. The molecule has 0 bridgehead atoms. The lowest BCUT2D eigenvalue weighted by atomic mass is 10.2. The molecule has 0 radical (unpaired) electrons. The molecule has 1 fully saturated rings. The normalized spacial score (nSPS) is 26.3. The maximum absolute atomic E-state index is 12.0. The van der Waals surface area contributed by atoms with Crippen LogP contribution < -0.4 is 11.2 Å². The fourth-order valence-corrected chi connectivity index (χ4v) is 5.57. The Kier molecular flexibility index (Phi) is 7.79. The van der Waals surface area contributed by atoms with Crippen LogP contribution in [0, 0.1) is 6.92 Å². The molecule has 19 heteroatoms. The second-order valence-electron chi connectivity index (χ2n) is 6.00. The zero-order chi connectivity index (χ0) is 22.9. The summed E-state index contributed by atoms with van der Waals surface area (Å²) < 4.78 is 57.3. The van der Waals surface area contributed by atoms with E-state index in [0.29, 0.717) is 0 Å². The second kappa shape index (κ2) is 9.25. The summed E-state index contributed by atoms with van der Waals surface area (Å²) in [5, 5.41) is 0. The molecule has 16 nitrogen and oxygen atoms in total. The van der Waals surface area contributed by atoms with E-state index in [0.717, 1.165) is 4.57 Å². The predicted molar refractivity (Wildman–Crippen MR) is 95.2 cm³/mol. The lowest BCUT2D eigenvalue weighted by molar-refractivity contribution is -0.0525. The second-order valence-corrected chi connectivity index (χ2v) is 10.4. The number of aromatic nitrogens is 2. The van der Waals surface area contributed by atoms with Crippen LogP contribution in [0.15, 0.2) is 15.8 Å². The molecule has 172 valence electrons. The van der Waals surface area contributed by atoms with E-state index in [1.54, 1.807) is 0 Å². The van der Waals surface area contributed by atoms with E-state index in [9.17, 15) is 28.2 Å². The van der Waals surface area contributed by atoms with E-state index >= 15 is 0 Å². The smallest absolute Gasteiger partial charge is 0.378 e. The highest BCUT2D eigenvalue weighted by Gasteiger charge is 2.43. The summed E-state index contributed by atoms with van der Waals surface area (Å²) >= 11 is 0. The number of phosphoric ester groups is 1. The number of phosphoric acid groups is 3. The maximum atomic E-state index is 12.0. The third-order valence-corrected chi connectivity index (χ3v) is 7.56. The molecule has 1 aliphatic rings. The quantitative estimate of drug-likeness (QED) is 0.271. The highest BCUT2D eigenvalue weighted by molar-refractivity contribution is 7.66. The molecule has 1 aromatic rings. The van der Waals surface area contributed by atoms with Crippen LogP contribution in [0.3, 0.4) is 0 Å². The van der Waals surface area contributed by atoms with Crippen LogP contribution in [0.5, 0.6) is 0 Å². The van der Waals surface area contributed by atoms with Crippen molar-refractivity contribution >= 4 is 23.5 Å². The average Bonchev–Trinajstić information content (AvgIpc) is 2.96. The molecule has 2 rings (SSSR count). The van der Waals surface area contributed by atoms with Crippen molar-refractivity contribution in [2.24, 2.45) is 0 Å². The fraction of sp³-hybridized carbons (Fsp3) is 0.636. The summed E-state index contributed by atoms with van der Waals surface area (Å²) in [5.41, 5.74) is -1.12. The van der Waals surface area contributed by atoms with Gasteiger partial charge >= 0.3 is 29.2 Å². The van der Waals surface area contributed by atoms with Gasteiger partial charge in [-0.25, -0.2) is 18.5 Å². The van der Waals surface area contributed by atoms with Gasteiger partial charge in [0.15, 0.2) is 0 Å². The van der Waals surface area contributed by atoms with Gasteiger partial charge in [0.2, 0.25) is 0 Å². The molecule has 5 atom stereocenters. The summed E-state index contributed by atoms with van der Waals surface area (Å²) in [5.74, 6) is 0. The Morgan fingerprint density at radius 2 is 1.80 bits per heavy atom. The van der Waals surface area contributed by atoms with Crippen LogP contribution in [-0.4, -0.2) is 55.0 Å². The van der Waals surface area contributed by atoms with Crippen molar-refractivity contribution in [3.8, 4) is 0 Å². The molecule has 1 saturated heterocycles. The molecule has 0 saturated carbocycles. The Morgan fingerprint density at radius 1 is 1.17 bits per heavy atom. The molecule has 2 heterocycles. The number of nitrogens with zero attached hydrogens (tertiary/aromatic N) is 1. The summed E-state index contributed by atoms with van der Waals surface area (Å²) in [6.45, 7) is 0.722. The van der Waals surface area contributed by atoms with Gasteiger partial charge in [0.1, 0.15) is 12.3 Å². The molecule has 0 aliphatic carbocycles. The van der Waals surface area contributed by atoms with Crippen molar-refractivity contribution in [1.82, 2.24) is 9.55 Å². The number of hydrogen-bond acceptors (Lipinski definition) is 10. The highest BCUT2D eigenvalue weighted by atomic mass is 31.3. The third-order valence-electron chi connectivity index (χ3n) is 3.76. The summed E-state index contributed by atoms with van der Waals surface area (Å²) in [6.07, 6.45) is -1.44. The first-order chi connectivity index (χ1) is 13.6. The van der Waals surface area contributed by atoms with Crippen LogP contribution >= 0.6 is 23.5 Å². The molecular weight excluding hydrogens is 477 g/mol. The van der Waals surface area contributed by atoms with E-state index in [4.69, 9.17) is 24.2 Å². The Morgan fingerprint density at radius 3 is 2.37 bits per heavy atom. The zero-order valence-corrected chi connectivity index (χ0v) is 18.1. The first-order valence-electron chi connectivity index (χ1n) is 7.91. The highest BCUT2D eigenvalue weighted by Crippen LogP contribution is 2.66. The minimum atomic E-state index is -5.65. The number of ether oxygens (including phenoxy) is 2. The third kappa shape index (κ3) is 7.02. The van der Waals surface area contributed by atoms with Crippen LogP contribution in [0.4, 0.5) is 0 Å². The monoisotopic (exact) mass is 496 g/mol. The molecular formula is C11H19N2O14P3. The molecule has 0 amide bonds. The standard InChI is InChI=1S/C11H19N2O14P3/c1-6-4-13(11(15)12-10(6)14)9-3-7(23-2)8(25-9)5-24-29(19,20)27-30(21,22)26-28(16,17)18/h4,7-9H,3,5H2,1-2H3,(H,19,20)(H,21,22)(H,12,14,15)(H2,16,17,18)/t7-,8-,9-/m1/s1. The van der Waals surface area contributed by atoms with Gasteiger partial charge in [-0.15, -0.1) is 0 Å². The van der Waals surface area contributed by atoms with Gasteiger partial charge in [0.05, 0.1) is 12.7 Å². The molecule has 1 aromatic heterocycles. The van der Waals surface area contributed by atoms with E-state index < -0.39 is 59.8 Å². The van der Waals surface area contributed by atoms with Crippen molar-refractivity contribution in [2.75, 3.05) is 13.7 Å². The van der Waals surface area contributed by atoms with Gasteiger partial charge < -0.3 is 29.0 Å². The van der Waals surface area contributed by atoms with Crippen molar-refractivity contribution in [1.29, 1.82) is 0 Å². The number of hydrogen-bond donors (Lipinski definition) is 5. The van der Waals surface area contributed by atoms with Gasteiger partial charge in [-0.2, -0.15) is 8.62 Å². The minimum Gasteiger partial charge on any atom is -0.378 e. The van der Waals surface area contributed by atoms with Gasteiger partial charge in [-0.05, 0) is 6.92 Å². The number of aryl methyl sites for hydroxylation is 1. The van der Waals surface area contributed by atoms with Crippen molar-refractivity contribution < 1.29 is 55.9 Å². The minimum absolute atomic E-state index is 0.0757. The Balaban J connectivity index is 2.08. The predicted octanol–water partition coefficient (Wildman–Crippen LogP) is -0.509. The molecule has 0 spiro atoms. The SMILES string of the molecule is CO[C@@H]1C[C@H](n2cc(C)c(=O)[nH]c2=O)O[C@@H]1COP(=O)(O)OP(=O)(O)OP(=O)(O)O. The van der Waals surface area contributed by atoms with Crippen LogP contribution in [0.25, 0.3) is 0 Å². The lowest BCUT2D eigenvalue weighted by Gasteiger charge is -2.20. The van der Waals surface area contributed by atoms with E-state index in [1.165, 1.54) is 20.2 Å². The van der Waals surface area contributed by atoms with Gasteiger partial charge in [0.25, 0.3) is 5.56 Å². The maximum Gasteiger partial charge on any atom is 0.490 e. The van der Waals surface area contributed by atoms with E-state index in [2.05, 4.69) is 18.1 Å². The van der Waals surface area contributed by atoms with Crippen molar-refractivity contribution in [2.45, 2.75) is 31.8 Å². The fourth-order valence-electron chi connectivity index (χ4n) is 2.54. The van der Waals surface area contributed by atoms with Crippen molar-refractivity contribution in [3.05, 3.63) is 32.6 Å². The number of rotatable bonds is 9. The average molecular weight is 496 g/mol. The first-order valence-corrected chi connectivity index (χ1v) is 12.4. The largest absolute Gasteiger partial charge is 0.490 e. The Hall–Kier alpha value is -0.990. The zero-order valence-electron chi connectivity index (χ0n) is 15.4. The molecule has 1 aliphatic heterocycles. The topological polar surface area (TPSA) is 233 Å². The molecule has 5 N–H and O–H groups in total. The van der Waals surface area contributed by atoms with Gasteiger partial charge in [0, 0.05) is 25.3 Å². The van der Waals surface area contributed by atoms with E-state index in [-0.39, 0.29) is 12.0 Å². The van der Waals surface area contributed by atoms with E-state index in [1.807, 2.05) is 0 Å². The van der Waals surface area contributed by atoms with Crippen LogP contribution in [0.2, 0.25) is 0 Å². The van der Waals surface area contributed by atoms with Crippen molar-refractivity contribution in [3.63, 3.8) is 0 Å². The molecule has 30 heavy (non-hydrogen) atoms. The number of methoxy groups -OCH3 is 1. The van der Waals surface area contributed by atoms with Crippen LogP contribution in [0.1, 0.15) is 18.2 Å². The number of nitrogens with one attached hydrogen (secondary N) is 1.